The van der Waals surface area contributed by atoms with Crippen LogP contribution >= 0.6 is 0 Å². The lowest BCUT2D eigenvalue weighted by Gasteiger charge is -2.30. The third-order valence-corrected chi connectivity index (χ3v) is 5.37. The van der Waals surface area contributed by atoms with Gasteiger partial charge in [0.25, 0.3) is 0 Å². The van der Waals surface area contributed by atoms with E-state index >= 15 is 0 Å². The predicted octanol–water partition coefficient (Wildman–Crippen LogP) is 0.836. The van der Waals surface area contributed by atoms with Gasteiger partial charge in [0.15, 0.2) is 0 Å². The fourth-order valence-corrected chi connectivity index (χ4v) is 3.68. The number of nitrogens with one attached hydrogen (secondary N) is 1. The van der Waals surface area contributed by atoms with E-state index in [4.69, 9.17) is 9.84 Å². The molecule has 1 unspecified atom stereocenters. The van der Waals surface area contributed by atoms with E-state index in [1.165, 1.54) is 4.90 Å². The summed E-state index contributed by atoms with van der Waals surface area (Å²) in [4.78, 5) is 36.6. The molecule has 1 spiro atoms. The molecule has 2 aliphatic heterocycles. The van der Waals surface area contributed by atoms with E-state index < -0.39 is 6.09 Å². The van der Waals surface area contributed by atoms with Gasteiger partial charge < -0.3 is 14.7 Å². The van der Waals surface area contributed by atoms with Crippen LogP contribution in [0.15, 0.2) is 0 Å². The lowest BCUT2D eigenvalue weighted by Crippen LogP contribution is -2.42. The number of hydrogen-bond acceptors (Lipinski definition) is 4. The van der Waals surface area contributed by atoms with Crippen LogP contribution in [-0.4, -0.2) is 54.2 Å². The van der Waals surface area contributed by atoms with Crippen LogP contribution < -0.4 is 5.32 Å². The zero-order valence-corrected chi connectivity index (χ0v) is 12.5. The van der Waals surface area contributed by atoms with Crippen LogP contribution in [0.1, 0.15) is 32.1 Å². The summed E-state index contributed by atoms with van der Waals surface area (Å²) >= 11 is 0. The second-order valence-electron chi connectivity index (χ2n) is 6.63. The Kier molecular flexibility index (Phi) is 4.08. The first-order chi connectivity index (χ1) is 10.5. The second-order valence-corrected chi connectivity index (χ2v) is 6.63. The Bertz CT molecular complexity index is 478. The summed E-state index contributed by atoms with van der Waals surface area (Å²) in [6, 6.07) is 0. The molecule has 7 nitrogen and oxygen atoms in total. The molecule has 0 radical (unpaired) electrons. The number of piperidine rings is 1. The highest BCUT2D eigenvalue weighted by atomic mass is 16.5. The van der Waals surface area contributed by atoms with Crippen LogP contribution in [0.4, 0.5) is 4.79 Å². The fraction of sp³-hybridized carbons (Fsp3) is 0.800. The van der Waals surface area contributed by atoms with Crippen molar-refractivity contribution in [3.8, 4) is 0 Å². The zero-order chi connectivity index (χ0) is 15.7. The minimum absolute atomic E-state index is 0.0774. The van der Waals surface area contributed by atoms with E-state index in [1.807, 2.05) is 0 Å². The number of carbonyl (C=O) groups excluding carboxylic acids is 2. The van der Waals surface area contributed by atoms with E-state index in [0.717, 1.165) is 6.42 Å². The minimum atomic E-state index is -0.897. The molecule has 3 aliphatic rings. The molecule has 122 valence electrons. The Morgan fingerprint density at radius 1 is 1.09 bits per heavy atom. The Labute approximate surface area is 129 Å². The van der Waals surface area contributed by atoms with Crippen molar-refractivity contribution in [3.05, 3.63) is 0 Å². The topological polar surface area (TPSA) is 95.9 Å². The van der Waals surface area contributed by atoms with Crippen molar-refractivity contribution in [2.24, 2.45) is 17.3 Å². The number of nitrogens with zero attached hydrogens (tertiary/aromatic N) is 1. The Balaban J connectivity index is 1.48. The first kappa shape index (κ1) is 15.3. The number of hydrogen-bond donors (Lipinski definition) is 2. The van der Waals surface area contributed by atoms with Gasteiger partial charge in [-0.15, -0.1) is 0 Å². The van der Waals surface area contributed by atoms with Gasteiger partial charge in [0.1, 0.15) is 0 Å². The maximum atomic E-state index is 12.3. The van der Waals surface area contributed by atoms with Gasteiger partial charge in [-0.3, -0.25) is 14.9 Å². The van der Waals surface area contributed by atoms with Crippen molar-refractivity contribution < 1.29 is 24.2 Å². The SMILES string of the molecule is O=C(NC(=O)C1CC12CCN(C(=O)O)CC2)C1CCOCC1. The van der Waals surface area contributed by atoms with Crippen LogP contribution in [0, 0.1) is 17.3 Å². The Morgan fingerprint density at radius 3 is 2.32 bits per heavy atom. The first-order valence-electron chi connectivity index (χ1n) is 7.92. The molecule has 22 heavy (non-hydrogen) atoms. The third kappa shape index (κ3) is 2.95. The summed E-state index contributed by atoms with van der Waals surface area (Å²) in [5, 5.41) is 11.5. The van der Waals surface area contributed by atoms with E-state index in [9.17, 15) is 14.4 Å². The predicted molar refractivity (Wildman–Crippen MR) is 76.1 cm³/mol. The molecule has 1 atom stereocenters. The van der Waals surface area contributed by atoms with Gasteiger partial charge in [-0.25, -0.2) is 4.79 Å². The molecule has 2 N–H and O–H groups in total. The summed E-state index contributed by atoms with van der Waals surface area (Å²) in [6.07, 6.45) is 2.63. The average Bonchev–Trinajstić information content (AvgIpc) is 3.22. The van der Waals surface area contributed by atoms with Gasteiger partial charge in [-0.1, -0.05) is 0 Å². The normalized spacial score (nSPS) is 27.5. The molecule has 0 bridgehead atoms. The van der Waals surface area contributed by atoms with E-state index in [2.05, 4.69) is 5.32 Å². The zero-order valence-electron chi connectivity index (χ0n) is 12.5. The van der Waals surface area contributed by atoms with Gasteiger partial charge in [-0.2, -0.15) is 0 Å². The molecule has 2 heterocycles. The number of imide groups is 1. The third-order valence-electron chi connectivity index (χ3n) is 5.37. The van der Waals surface area contributed by atoms with Crippen molar-refractivity contribution in [2.75, 3.05) is 26.3 Å². The van der Waals surface area contributed by atoms with E-state index in [0.29, 0.717) is 52.0 Å². The quantitative estimate of drug-likeness (QED) is 0.737. The standard InChI is InChI=1S/C15H22N2O5/c18-12(10-1-7-22-8-2-10)16-13(19)11-9-15(11)3-5-17(6-4-15)14(20)21/h10-11H,1-9H2,(H,20,21)(H,16,18,19). The lowest BCUT2D eigenvalue weighted by atomic mass is 9.90. The average molecular weight is 310 g/mol. The molecule has 0 aromatic heterocycles. The van der Waals surface area contributed by atoms with Crippen LogP contribution in [0.5, 0.6) is 0 Å². The number of ether oxygens (including phenoxy) is 1. The highest BCUT2D eigenvalue weighted by molar-refractivity contribution is 5.98. The van der Waals surface area contributed by atoms with Crippen LogP contribution in [0.3, 0.4) is 0 Å². The molecular formula is C15H22N2O5. The fourth-order valence-electron chi connectivity index (χ4n) is 3.68. The van der Waals surface area contributed by atoms with Crippen molar-refractivity contribution in [2.45, 2.75) is 32.1 Å². The van der Waals surface area contributed by atoms with Crippen LogP contribution in [0.25, 0.3) is 0 Å². The van der Waals surface area contributed by atoms with Gasteiger partial charge in [0.05, 0.1) is 0 Å². The van der Waals surface area contributed by atoms with E-state index in [1.54, 1.807) is 0 Å². The molecule has 3 fully saturated rings. The number of carbonyl (C=O) groups is 3. The number of amides is 3. The van der Waals surface area contributed by atoms with Crippen molar-refractivity contribution in [3.63, 3.8) is 0 Å². The monoisotopic (exact) mass is 310 g/mol. The van der Waals surface area contributed by atoms with Gasteiger partial charge in [-0.05, 0) is 37.5 Å². The number of likely N-dealkylation sites (tertiary alicyclic amines) is 1. The summed E-state index contributed by atoms with van der Waals surface area (Å²) < 4.78 is 5.22. The molecule has 1 saturated carbocycles. The van der Waals surface area contributed by atoms with Crippen molar-refractivity contribution in [1.82, 2.24) is 10.2 Å². The molecular weight excluding hydrogens is 288 g/mol. The smallest absolute Gasteiger partial charge is 0.407 e. The van der Waals surface area contributed by atoms with Gasteiger partial charge in [0, 0.05) is 38.1 Å². The number of rotatable bonds is 2. The molecule has 3 amide bonds. The Morgan fingerprint density at radius 2 is 1.73 bits per heavy atom. The maximum Gasteiger partial charge on any atom is 0.407 e. The first-order valence-corrected chi connectivity index (χ1v) is 7.92. The molecule has 1 aliphatic carbocycles. The Hall–Kier alpha value is -1.63. The highest BCUT2D eigenvalue weighted by Gasteiger charge is 2.59. The summed E-state index contributed by atoms with van der Waals surface area (Å²) in [5.41, 5.74) is -0.0774. The molecule has 7 heteroatoms. The lowest BCUT2D eigenvalue weighted by molar-refractivity contribution is -0.135. The van der Waals surface area contributed by atoms with Gasteiger partial charge in [0.2, 0.25) is 11.8 Å². The largest absolute Gasteiger partial charge is 0.465 e. The van der Waals surface area contributed by atoms with Crippen LogP contribution in [0.2, 0.25) is 0 Å². The van der Waals surface area contributed by atoms with Crippen molar-refractivity contribution >= 4 is 17.9 Å². The van der Waals surface area contributed by atoms with Crippen molar-refractivity contribution in [1.29, 1.82) is 0 Å². The second kappa shape index (κ2) is 5.87. The number of carboxylic acid groups (broad SMARTS) is 1. The minimum Gasteiger partial charge on any atom is -0.465 e. The van der Waals surface area contributed by atoms with Gasteiger partial charge >= 0.3 is 6.09 Å². The summed E-state index contributed by atoms with van der Waals surface area (Å²) in [6.45, 7) is 2.11. The van der Waals surface area contributed by atoms with E-state index in [-0.39, 0.29) is 29.1 Å². The molecule has 2 saturated heterocycles. The maximum absolute atomic E-state index is 12.3. The summed E-state index contributed by atoms with van der Waals surface area (Å²) in [5.74, 6) is -0.618. The molecule has 0 aromatic rings. The molecule has 0 aromatic carbocycles. The summed E-state index contributed by atoms with van der Waals surface area (Å²) in [7, 11) is 0. The van der Waals surface area contributed by atoms with Crippen LogP contribution in [-0.2, 0) is 14.3 Å². The molecule has 3 rings (SSSR count). The highest BCUT2D eigenvalue weighted by Crippen LogP contribution is 2.59.